The Kier molecular flexibility index (Phi) is 4.10. The van der Waals surface area contributed by atoms with Gasteiger partial charge in [-0.25, -0.2) is 12.8 Å². The van der Waals surface area contributed by atoms with E-state index in [1.165, 1.54) is 18.2 Å². The third-order valence-electron chi connectivity index (χ3n) is 2.33. The molecule has 102 valence electrons. The molecule has 0 aliphatic heterocycles. The zero-order chi connectivity index (χ0) is 14.0. The number of para-hydroxylation sites is 1. The van der Waals surface area contributed by atoms with Gasteiger partial charge in [-0.05, 0) is 29.1 Å². The molecule has 8 heteroatoms. The number of hydrogen-bond acceptors (Lipinski definition) is 4. The highest BCUT2D eigenvalue weighted by molar-refractivity contribution is 7.94. The van der Waals surface area contributed by atoms with Crippen molar-refractivity contribution in [3.63, 3.8) is 0 Å². The van der Waals surface area contributed by atoms with Crippen LogP contribution >= 0.6 is 22.9 Å². The maximum atomic E-state index is 13.5. The summed E-state index contributed by atoms with van der Waals surface area (Å²) in [6, 6.07) is 5.38. The highest BCUT2D eigenvalue weighted by Gasteiger charge is 2.20. The van der Waals surface area contributed by atoms with Crippen LogP contribution in [0.25, 0.3) is 0 Å². The Hall–Kier alpha value is -1.15. The molecular formula is C11H10ClFN2O2S2. The van der Waals surface area contributed by atoms with Crippen molar-refractivity contribution in [3.8, 4) is 0 Å². The van der Waals surface area contributed by atoms with Crippen LogP contribution in [-0.2, 0) is 16.6 Å². The molecule has 0 bridgehead atoms. The number of thiophene rings is 1. The number of anilines is 1. The average molecular weight is 321 g/mol. The maximum Gasteiger partial charge on any atom is 0.271 e. The quantitative estimate of drug-likeness (QED) is 0.910. The number of halogens is 2. The van der Waals surface area contributed by atoms with Crippen LogP contribution in [0, 0.1) is 5.82 Å². The number of nitrogens with two attached hydrogens (primary N) is 1. The predicted molar refractivity (Wildman–Crippen MR) is 74.4 cm³/mol. The van der Waals surface area contributed by atoms with Crippen molar-refractivity contribution in [2.75, 3.05) is 4.72 Å². The van der Waals surface area contributed by atoms with E-state index in [2.05, 4.69) is 4.72 Å². The molecule has 19 heavy (non-hydrogen) atoms. The fraction of sp³-hybridized carbons (Fsp3) is 0.0909. The molecule has 2 rings (SSSR count). The third-order valence-corrected chi connectivity index (χ3v) is 5.48. The summed E-state index contributed by atoms with van der Waals surface area (Å²) in [6.45, 7) is 0.243. The molecule has 4 nitrogen and oxygen atoms in total. The van der Waals surface area contributed by atoms with Crippen LogP contribution in [0.1, 0.15) is 5.56 Å². The van der Waals surface area contributed by atoms with E-state index < -0.39 is 15.8 Å². The summed E-state index contributed by atoms with van der Waals surface area (Å²) in [5.74, 6) is -0.730. The van der Waals surface area contributed by atoms with E-state index in [9.17, 15) is 12.8 Å². The molecule has 0 saturated carbocycles. The lowest BCUT2D eigenvalue weighted by Gasteiger charge is -2.08. The summed E-state index contributed by atoms with van der Waals surface area (Å²) in [5.41, 5.74) is 5.86. The molecule has 0 aliphatic carbocycles. The molecule has 0 atom stereocenters. The lowest BCUT2D eigenvalue weighted by molar-refractivity contribution is 0.600. The minimum atomic E-state index is -3.86. The number of nitrogens with one attached hydrogen (secondary N) is 1. The number of benzene rings is 1. The van der Waals surface area contributed by atoms with Crippen LogP contribution in [0.3, 0.4) is 0 Å². The molecule has 0 spiro atoms. The molecule has 3 N–H and O–H groups in total. The van der Waals surface area contributed by atoms with Crippen LogP contribution in [-0.4, -0.2) is 8.42 Å². The smallest absolute Gasteiger partial charge is 0.271 e. The van der Waals surface area contributed by atoms with E-state index in [-0.39, 0.29) is 21.5 Å². The van der Waals surface area contributed by atoms with Crippen LogP contribution < -0.4 is 10.5 Å². The molecule has 1 aromatic carbocycles. The second-order valence-corrected chi connectivity index (χ2v) is 6.91. The molecule has 1 heterocycles. The van der Waals surface area contributed by atoms with Gasteiger partial charge in [0.05, 0.1) is 5.02 Å². The number of rotatable bonds is 4. The van der Waals surface area contributed by atoms with Crippen molar-refractivity contribution in [1.82, 2.24) is 0 Å². The molecule has 0 unspecified atom stereocenters. The molecule has 0 radical (unpaired) electrons. The van der Waals surface area contributed by atoms with Crippen LogP contribution in [0.2, 0.25) is 5.02 Å². The minimum Gasteiger partial charge on any atom is -0.326 e. The van der Waals surface area contributed by atoms with E-state index >= 15 is 0 Å². The topological polar surface area (TPSA) is 72.2 Å². The molecule has 0 aliphatic rings. The molecule has 0 fully saturated rings. The van der Waals surface area contributed by atoms with E-state index in [1.807, 2.05) is 0 Å². The summed E-state index contributed by atoms with van der Waals surface area (Å²) in [7, 11) is -3.86. The first-order valence-corrected chi connectivity index (χ1v) is 7.92. The Morgan fingerprint density at radius 1 is 1.42 bits per heavy atom. The van der Waals surface area contributed by atoms with Crippen molar-refractivity contribution < 1.29 is 12.8 Å². The van der Waals surface area contributed by atoms with E-state index in [4.69, 9.17) is 17.3 Å². The van der Waals surface area contributed by atoms with Gasteiger partial charge in [-0.3, -0.25) is 4.72 Å². The lowest BCUT2D eigenvalue weighted by Crippen LogP contribution is -2.13. The van der Waals surface area contributed by atoms with Gasteiger partial charge in [-0.2, -0.15) is 0 Å². The predicted octanol–water partition coefficient (Wildman–Crippen LogP) is 2.80. The van der Waals surface area contributed by atoms with Crippen LogP contribution in [0.4, 0.5) is 10.1 Å². The largest absolute Gasteiger partial charge is 0.326 e. The van der Waals surface area contributed by atoms with E-state index in [1.54, 1.807) is 5.38 Å². The normalized spacial score (nSPS) is 11.5. The van der Waals surface area contributed by atoms with Crippen LogP contribution in [0.5, 0.6) is 0 Å². The average Bonchev–Trinajstić information content (AvgIpc) is 2.83. The SMILES string of the molecule is NCc1csc(S(=O)(=O)Nc2c(F)cccc2Cl)c1. The zero-order valence-corrected chi connectivity index (χ0v) is 11.9. The Bertz CT molecular complexity index is 680. The minimum absolute atomic E-state index is 0.000760. The van der Waals surface area contributed by atoms with E-state index in [0.29, 0.717) is 5.56 Å². The molecule has 1 aromatic heterocycles. The highest BCUT2D eigenvalue weighted by Crippen LogP contribution is 2.29. The Morgan fingerprint density at radius 3 is 2.74 bits per heavy atom. The van der Waals surface area contributed by atoms with Crippen molar-refractivity contribution >= 4 is 38.6 Å². The van der Waals surface area contributed by atoms with Gasteiger partial charge >= 0.3 is 0 Å². The Balaban J connectivity index is 2.36. The summed E-state index contributed by atoms with van der Waals surface area (Å²) < 4.78 is 39.9. The number of sulfonamides is 1. The molecular weight excluding hydrogens is 311 g/mol. The first-order valence-electron chi connectivity index (χ1n) is 5.18. The van der Waals surface area contributed by atoms with E-state index in [0.717, 1.165) is 17.4 Å². The van der Waals surface area contributed by atoms with Gasteiger partial charge < -0.3 is 5.73 Å². The van der Waals surface area contributed by atoms with Crippen LogP contribution in [0.15, 0.2) is 33.9 Å². The molecule has 0 amide bonds. The molecule has 2 aromatic rings. The fourth-order valence-electron chi connectivity index (χ4n) is 1.38. The van der Waals surface area contributed by atoms with Gasteiger partial charge in [0.15, 0.2) is 0 Å². The van der Waals surface area contributed by atoms with Gasteiger partial charge in [0.1, 0.15) is 15.7 Å². The van der Waals surface area contributed by atoms with Crippen molar-refractivity contribution in [2.45, 2.75) is 10.8 Å². The first kappa shape index (κ1) is 14.3. The van der Waals surface area contributed by atoms with Crippen molar-refractivity contribution in [3.05, 3.63) is 46.0 Å². The first-order chi connectivity index (χ1) is 8.94. The van der Waals surface area contributed by atoms with Gasteiger partial charge in [-0.15, -0.1) is 11.3 Å². The van der Waals surface area contributed by atoms with Gasteiger partial charge in [-0.1, -0.05) is 17.7 Å². The van der Waals surface area contributed by atoms with Gasteiger partial charge in [0.2, 0.25) is 0 Å². The van der Waals surface area contributed by atoms with Gasteiger partial charge in [0.25, 0.3) is 10.0 Å². The summed E-state index contributed by atoms with van der Waals surface area (Å²) in [6.07, 6.45) is 0. The standard InChI is InChI=1S/C11H10ClFN2O2S2/c12-8-2-1-3-9(13)11(8)15-19(16,17)10-4-7(5-14)6-18-10/h1-4,6,15H,5,14H2. The fourth-order valence-corrected chi connectivity index (χ4v) is 3.96. The Labute approximate surface area is 119 Å². The van der Waals surface area contributed by atoms with Crippen molar-refractivity contribution in [2.24, 2.45) is 5.73 Å². The lowest BCUT2D eigenvalue weighted by atomic mass is 10.3. The zero-order valence-electron chi connectivity index (χ0n) is 9.56. The monoisotopic (exact) mass is 320 g/mol. The molecule has 0 saturated heterocycles. The highest BCUT2D eigenvalue weighted by atomic mass is 35.5. The maximum absolute atomic E-state index is 13.5. The number of hydrogen-bond donors (Lipinski definition) is 2. The second kappa shape index (κ2) is 5.46. The summed E-state index contributed by atoms with van der Waals surface area (Å²) in [5, 5.41) is 1.64. The third kappa shape index (κ3) is 3.06. The second-order valence-electron chi connectivity index (χ2n) is 3.68. The summed E-state index contributed by atoms with van der Waals surface area (Å²) >= 11 is 6.79. The van der Waals surface area contributed by atoms with Gasteiger partial charge in [0, 0.05) is 6.54 Å². The summed E-state index contributed by atoms with van der Waals surface area (Å²) in [4.78, 5) is 0. The van der Waals surface area contributed by atoms with Crippen molar-refractivity contribution in [1.29, 1.82) is 0 Å². The Morgan fingerprint density at radius 2 is 2.16 bits per heavy atom.